The van der Waals surface area contributed by atoms with Crippen molar-refractivity contribution in [2.45, 2.75) is 32.7 Å². The van der Waals surface area contributed by atoms with Crippen LogP contribution < -0.4 is 4.90 Å². The Morgan fingerprint density at radius 2 is 2.00 bits per heavy atom. The van der Waals surface area contributed by atoms with Gasteiger partial charge >= 0.3 is 5.97 Å². The maximum atomic E-state index is 11.0. The van der Waals surface area contributed by atoms with Gasteiger partial charge in [0.1, 0.15) is 5.82 Å². The molecule has 2 heterocycles. The Balaban J connectivity index is 1.73. The lowest BCUT2D eigenvalue weighted by Crippen LogP contribution is -2.46. The number of likely N-dealkylation sites (N-methyl/N-ethyl adjacent to an activating group) is 1. The van der Waals surface area contributed by atoms with E-state index in [2.05, 4.69) is 21.9 Å². The molecule has 0 aliphatic carbocycles. The van der Waals surface area contributed by atoms with Crippen LogP contribution in [0.4, 0.5) is 5.82 Å². The van der Waals surface area contributed by atoms with E-state index in [0.717, 1.165) is 59.8 Å². The highest BCUT2D eigenvalue weighted by Gasteiger charge is 2.25. The number of piperidine rings is 1. The number of hydrogen-bond donors (Lipinski definition) is 1. The third-order valence-corrected chi connectivity index (χ3v) is 5.49. The number of rotatable bonds is 5. The van der Waals surface area contributed by atoms with Crippen LogP contribution in [0.15, 0.2) is 24.3 Å². The number of aromatic nitrogens is 1. The van der Waals surface area contributed by atoms with Gasteiger partial charge in [0.2, 0.25) is 0 Å². The van der Waals surface area contributed by atoms with Crippen molar-refractivity contribution >= 4 is 34.3 Å². The lowest BCUT2D eigenvalue weighted by atomic mass is 10.0. The first-order chi connectivity index (χ1) is 12.0. The molecule has 1 aromatic heterocycles. The molecule has 5 nitrogen and oxygen atoms in total. The predicted molar refractivity (Wildman–Crippen MR) is 102 cm³/mol. The molecule has 2 aromatic rings. The predicted octanol–water partition coefficient (Wildman–Crippen LogP) is 3.57. The summed E-state index contributed by atoms with van der Waals surface area (Å²) in [6, 6.07) is 8.39. The normalized spacial score (nSPS) is 15.9. The summed E-state index contributed by atoms with van der Waals surface area (Å²) in [5.41, 5.74) is 1.96. The summed E-state index contributed by atoms with van der Waals surface area (Å²) < 4.78 is 0. The van der Waals surface area contributed by atoms with Crippen LogP contribution in [0.2, 0.25) is 5.02 Å². The van der Waals surface area contributed by atoms with Gasteiger partial charge in [-0.1, -0.05) is 24.6 Å². The van der Waals surface area contributed by atoms with Crippen molar-refractivity contribution in [2.75, 3.05) is 31.1 Å². The van der Waals surface area contributed by atoms with E-state index in [1.807, 2.05) is 26.0 Å². The number of aryl methyl sites for hydroxylation is 1. The molecule has 134 valence electrons. The van der Waals surface area contributed by atoms with Crippen molar-refractivity contribution < 1.29 is 9.90 Å². The van der Waals surface area contributed by atoms with Crippen molar-refractivity contribution in [3.8, 4) is 0 Å². The van der Waals surface area contributed by atoms with Crippen molar-refractivity contribution in [3.63, 3.8) is 0 Å². The van der Waals surface area contributed by atoms with E-state index in [0.29, 0.717) is 6.04 Å². The smallest absolute Gasteiger partial charge is 0.317 e. The van der Waals surface area contributed by atoms with Gasteiger partial charge in [0, 0.05) is 29.5 Å². The van der Waals surface area contributed by atoms with Crippen LogP contribution in [0.25, 0.3) is 10.9 Å². The van der Waals surface area contributed by atoms with Gasteiger partial charge in [-0.15, -0.1) is 0 Å². The highest BCUT2D eigenvalue weighted by molar-refractivity contribution is 6.32. The molecule has 0 amide bonds. The second-order valence-corrected chi connectivity index (χ2v) is 7.00. The van der Waals surface area contributed by atoms with Gasteiger partial charge in [-0.2, -0.15) is 0 Å². The zero-order chi connectivity index (χ0) is 18.0. The Morgan fingerprint density at radius 3 is 2.64 bits per heavy atom. The zero-order valence-corrected chi connectivity index (χ0v) is 15.5. The first-order valence-electron chi connectivity index (χ1n) is 8.76. The topological polar surface area (TPSA) is 56.7 Å². The van der Waals surface area contributed by atoms with Gasteiger partial charge < -0.3 is 10.0 Å². The van der Waals surface area contributed by atoms with E-state index in [1.54, 1.807) is 0 Å². The molecule has 1 fully saturated rings. The van der Waals surface area contributed by atoms with Crippen LogP contribution in [0.5, 0.6) is 0 Å². The Kier molecular flexibility index (Phi) is 5.45. The number of anilines is 1. The van der Waals surface area contributed by atoms with Crippen LogP contribution in [0.1, 0.15) is 25.3 Å². The van der Waals surface area contributed by atoms with Crippen LogP contribution in [-0.2, 0) is 4.79 Å². The third kappa shape index (κ3) is 3.88. The summed E-state index contributed by atoms with van der Waals surface area (Å²) >= 11 is 6.23. The Hall–Kier alpha value is -1.85. The van der Waals surface area contributed by atoms with Gasteiger partial charge in [0.05, 0.1) is 12.1 Å². The molecule has 1 aromatic carbocycles. The van der Waals surface area contributed by atoms with Gasteiger partial charge in [-0.25, -0.2) is 4.98 Å². The number of pyridine rings is 1. The molecule has 3 rings (SSSR count). The lowest BCUT2D eigenvalue weighted by Gasteiger charge is -2.38. The monoisotopic (exact) mass is 361 g/mol. The average Bonchev–Trinajstić information content (AvgIpc) is 2.62. The van der Waals surface area contributed by atoms with E-state index >= 15 is 0 Å². The maximum Gasteiger partial charge on any atom is 0.317 e. The van der Waals surface area contributed by atoms with Crippen LogP contribution >= 0.6 is 11.6 Å². The fraction of sp³-hybridized carbons (Fsp3) is 0.474. The van der Waals surface area contributed by atoms with E-state index in [9.17, 15) is 4.79 Å². The quantitative estimate of drug-likeness (QED) is 0.882. The van der Waals surface area contributed by atoms with Crippen molar-refractivity contribution in [3.05, 3.63) is 34.9 Å². The zero-order valence-electron chi connectivity index (χ0n) is 14.7. The SMILES string of the molecule is CCN(CC(=O)O)C1CCN(c2ccc3ccc(Cl)c(C)c3n2)CC1. The van der Waals surface area contributed by atoms with Gasteiger partial charge in [0.25, 0.3) is 0 Å². The van der Waals surface area contributed by atoms with Crippen molar-refractivity contribution in [1.29, 1.82) is 0 Å². The highest BCUT2D eigenvalue weighted by atomic mass is 35.5. The van der Waals surface area contributed by atoms with Crippen LogP contribution in [0, 0.1) is 6.92 Å². The number of aliphatic carboxylic acids is 1. The first kappa shape index (κ1) is 18.0. The molecule has 1 aliphatic heterocycles. The number of carbonyl (C=O) groups is 1. The molecular formula is C19H24ClN3O2. The van der Waals surface area contributed by atoms with Gasteiger partial charge in [-0.3, -0.25) is 9.69 Å². The first-order valence-corrected chi connectivity index (χ1v) is 9.14. The standard InChI is InChI=1S/C19H24ClN3O2/c1-3-22(12-18(24)25)15-8-10-23(11-9-15)17-7-5-14-4-6-16(20)13(2)19(14)21-17/h4-7,15H,3,8-12H2,1-2H3,(H,24,25). The fourth-order valence-electron chi connectivity index (χ4n) is 3.60. The average molecular weight is 362 g/mol. The maximum absolute atomic E-state index is 11.0. The molecule has 0 radical (unpaired) electrons. The van der Waals surface area contributed by atoms with E-state index in [-0.39, 0.29) is 6.54 Å². The summed E-state index contributed by atoms with van der Waals surface area (Å²) in [6.45, 7) is 6.68. The number of hydrogen-bond acceptors (Lipinski definition) is 4. The van der Waals surface area contributed by atoms with E-state index in [4.69, 9.17) is 21.7 Å². The Bertz CT molecular complexity index is 773. The largest absolute Gasteiger partial charge is 0.480 e. The van der Waals surface area contributed by atoms with Crippen molar-refractivity contribution in [2.24, 2.45) is 0 Å². The number of carboxylic acids is 1. The van der Waals surface area contributed by atoms with E-state index in [1.165, 1.54) is 0 Å². The van der Waals surface area contributed by atoms with Gasteiger partial charge in [0.15, 0.2) is 0 Å². The molecule has 0 unspecified atom stereocenters. The minimum atomic E-state index is -0.757. The Labute approximate surface area is 153 Å². The summed E-state index contributed by atoms with van der Waals surface area (Å²) in [4.78, 5) is 20.2. The van der Waals surface area contributed by atoms with Crippen molar-refractivity contribution in [1.82, 2.24) is 9.88 Å². The number of fused-ring (bicyclic) bond motifs is 1. The lowest BCUT2D eigenvalue weighted by molar-refractivity contribution is -0.139. The number of carboxylic acid groups (broad SMARTS) is 1. The third-order valence-electron chi connectivity index (χ3n) is 5.08. The number of nitrogens with zero attached hydrogens (tertiary/aromatic N) is 3. The molecule has 1 saturated heterocycles. The number of halogens is 1. The molecule has 0 atom stereocenters. The molecule has 0 saturated carbocycles. The molecule has 0 bridgehead atoms. The molecule has 1 aliphatic rings. The molecule has 25 heavy (non-hydrogen) atoms. The molecule has 1 N–H and O–H groups in total. The van der Waals surface area contributed by atoms with E-state index < -0.39 is 5.97 Å². The minimum absolute atomic E-state index is 0.118. The summed E-state index contributed by atoms with van der Waals surface area (Å²) in [6.07, 6.45) is 1.91. The second kappa shape index (κ2) is 7.58. The molecule has 6 heteroatoms. The summed E-state index contributed by atoms with van der Waals surface area (Å²) in [5.74, 6) is 0.213. The van der Waals surface area contributed by atoms with Gasteiger partial charge in [-0.05, 0) is 50.1 Å². The number of benzene rings is 1. The minimum Gasteiger partial charge on any atom is -0.480 e. The molecule has 0 spiro atoms. The summed E-state index contributed by atoms with van der Waals surface area (Å²) in [7, 11) is 0. The van der Waals surface area contributed by atoms with Crippen LogP contribution in [-0.4, -0.2) is 53.2 Å². The Morgan fingerprint density at radius 1 is 1.32 bits per heavy atom. The highest BCUT2D eigenvalue weighted by Crippen LogP contribution is 2.28. The molecular weight excluding hydrogens is 338 g/mol. The summed E-state index contributed by atoms with van der Waals surface area (Å²) in [5, 5.41) is 10.9. The second-order valence-electron chi connectivity index (χ2n) is 6.59. The van der Waals surface area contributed by atoms with Crippen LogP contribution in [0.3, 0.4) is 0 Å². The fourth-order valence-corrected chi connectivity index (χ4v) is 3.76.